The Balaban J connectivity index is 1.91. The maximum Gasteiger partial charge on any atom is 0.0790 e. The molecule has 25 heavy (non-hydrogen) atoms. The lowest BCUT2D eigenvalue weighted by molar-refractivity contribution is 0.720. The first kappa shape index (κ1) is 6.92. The van der Waals surface area contributed by atoms with Gasteiger partial charge >= 0.3 is 0 Å². The fraction of sp³-hybridized carbons (Fsp3) is 0.208. The number of benzene rings is 3. The molecule has 0 radical (unpaired) electrons. The van der Waals surface area contributed by atoms with Crippen molar-refractivity contribution in [1.29, 1.82) is 0 Å². The van der Waals surface area contributed by atoms with Crippen LogP contribution in [0.1, 0.15) is 57.3 Å². The molecular formula is C24H19N. The standard InChI is InChI=1S/C24H19N/c1-2-7-16(8-3-1)23-22-18-11-10-17(14-18)21(22)20-13-12-15-6-4-5-9-19(15)24(20)25-23/h1-9,12-13,17-18H,10-11,14H2/i1D,2D,3D,4D,5D,6D,7D,8D,9D,12D,13D. The van der Waals surface area contributed by atoms with Crippen LogP contribution in [0.5, 0.6) is 0 Å². The predicted octanol–water partition coefficient (Wildman–Crippen LogP) is 6.42. The molecule has 0 N–H and O–H groups in total. The molecule has 1 nitrogen and oxygen atoms in total. The average molecular weight is 332 g/mol. The van der Waals surface area contributed by atoms with Gasteiger partial charge in [-0.1, -0.05) is 66.5 Å². The summed E-state index contributed by atoms with van der Waals surface area (Å²) in [6.07, 6.45) is 2.44. The van der Waals surface area contributed by atoms with E-state index in [9.17, 15) is 0 Å². The van der Waals surface area contributed by atoms with Crippen LogP contribution in [-0.2, 0) is 0 Å². The predicted molar refractivity (Wildman–Crippen MR) is 104 cm³/mol. The van der Waals surface area contributed by atoms with Gasteiger partial charge in [-0.2, -0.15) is 0 Å². The third kappa shape index (κ3) is 1.81. The molecule has 0 aliphatic heterocycles. The van der Waals surface area contributed by atoms with E-state index in [0.29, 0.717) is 5.39 Å². The van der Waals surface area contributed by atoms with Crippen LogP contribution >= 0.6 is 0 Å². The molecule has 2 bridgehead atoms. The zero-order valence-electron chi connectivity index (χ0n) is 24.2. The Kier molecular flexibility index (Phi) is 1.36. The summed E-state index contributed by atoms with van der Waals surface area (Å²) >= 11 is 0. The van der Waals surface area contributed by atoms with E-state index in [0.717, 1.165) is 30.4 Å². The third-order valence-corrected chi connectivity index (χ3v) is 5.50. The molecule has 1 aromatic heterocycles. The normalized spacial score (nSPS) is 27.3. The summed E-state index contributed by atoms with van der Waals surface area (Å²) in [6.45, 7) is 0. The number of aromatic nitrogens is 1. The topological polar surface area (TPSA) is 12.9 Å². The maximum absolute atomic E-state index is 8.83. The SMILES string of the molecule is [2H]c1c([2H])c([2H])c(-c2nc3c(c([2H])c([2H])c4c([2H])c([2H])c([2H])c([2H])c43)c3c2C2CCC3C2)c([2H])c1[2H]. The van der Waals surface area contributed by atoms with Gasteiger partial charge in [-0.15, -0.1) is 0 Å². The summed E-state index contributed by atoms with van der Waals surface area (Å²) < 4.78 is 92.1. The molecule has 2 unspecified atom stereocenters. The van der Waals surface area contributed by atoms with Crippen LogP contribution in [0.3, 0.4) is 0 Å². The zero-order chi connectivity index (χ0) is 26.0. The molecule has 6 rings (SSSR count). The van der Waals surface area contributed by atoms with E-state index in [4.69, 9.17) is 20.1 Å². The minimum absolute atomic E-state index is 0.0104. The number of fused-ring (bicyclic) bond motifs is 9. The fourth-order valence-corrected chi connectivity index (χ4v) is 4.54. The van der Waals surface area contributed by atoms with Crippen molar-refractivity contribution in [3.63, 3.8) is 0 Å². The molecule has 0 amide bonds. The monoisotopic (exact) mass is 332 g/mol. The van der Waals surface area contributed by atoms with Crippen LogP contribution in [0.2, 0.25) is 0 Å². The lowest BCUT2D eigenvalue weighted by Crippen LogP contribution is -2.04. The maximum atomic E-state index is 8.83. The van der Waals surface area contributed by atoms with E-state index < -0.39 is 48.3 Å². The second-order valence-electron chi connectivity index (χ2n) is 6.72. The summed E-state index contributed by atoms with van der Waals surface area (Å²) in [4.78, 5) is 4.75. The Morgan fingerprint density at radius 1 is 0.760 bits per heavy atom. The van der Waals surface area contributed by atoms with Crippen molar-refractivity contribution in [2.45, 2.75) is 31.1 Å². The first-order chi connectivity index (χ1) is 17.0. The minimum atomic E-state index is -0.514. The van der Waals surface area contributed by atoms with Crippen molar-refractivity contribution in [1.82, 2.24) is 4.98 Å². The zero-order valence-corrected chi connectivity index (χ0v) is 13.2. The van der Waals surface area contributed by atoms with Gasteiger partial charge in [0.25, 0.3) is 0 Å². The quantitative estimate of drug-likeness (QED) is 0.366. The van der Waals surface area contributed by atoms with Crippen LogP contribution in [0, 0.1) is 0 Å². The molecule has 2 aliphatic carbocycles. The molecule has 2 atom stereocenters. The van der Waals surface area contributed by atoms with Crippen LogP contribution in [0.15, 0.2) is 66.5 Å². The number of rotatable bonds is 1. The van der Waals surface area contributed by atoms with Gasteiger partial charge in [-0.25, -0.2) is 4.98 Å². The Morgan fingerprint density at radius 3 is 2.40 bits per heavy atom. The van der Waals surface area contributed by atoms with Crippen LogP contribution in [0.25, 0.3) is 32.9 Å². The van der Waals surface area contributed by atoms with Gasteiger partial charge in [-0.05, 0) is 47.6 Å². The average Bonchev–Trinajstić information content (AvgIpc) is 3.48. The van der Waals surface area contributed by atoms with E-state index >= 15 is 0 Å². The van der Waals surface area contributed by atoms with Crippen molar-refractivity contribution in [2.75, 3.05) is 0 Å². The molecular weight excluding hydrogens is 302 g/mol. The summed E-state index contributed by atoms with van der Waals surface area (Å²) in [5.74, 6) is 0.0686. The van der Waals surface area contributed by atoms with Crippen molar-refractivity contribution < 1.29 is 15.1 Å². The second-order valence-corrected chi connectivity index (χ2v) is 6.72. The Labute approximate surface area is 162 Å². The van der Waals surface area contributed by atoms with E-state index in [2.05, 4.69) is 0 Å². The molecule has 2 aliphatic rings. The van der Waals surface area contributed by atoms with E-state index in [1.54, 1.807) is 0 Å². The molecule has 120 valence electrons. The Bertz CT molecular complexity index is 1670. The summed E-state index contributed by atoms with van der Waals surface area (Å²) in [6, 6.07) is -4.56. The van der Waals surface area contributed by atoms with Crippen LogP contribution in [0.4, 0.5) is 0 Å². The Morgan fingerprint density at radius 2 is 1.52 bits per heavy atom. The van der Waals surface area contributed by atoms with Gasteiger partial charge in [0.05, 0.1) is 26.3 Å². The van der Waals surface area contributed by atoms with Gasteiger partial charge < -0.3 is 0 Å². The van der Waals surface area contributed by atoms with Gasteiger partial charge in [0.2, 0.25) is 0 Å². The number of hydrogen-bond acceptors (Lipinski definition) is 1. The molecule has 1 saturated carbocycles. The van der Waals surface area contributed by atoms with E-state index in [1.165, 1.54) is 0 Å². The molecule has 1 fully saturated rings. The Hall–Kier alpha value is -2.67. The largest absolute Gasteiger partial charge is 0.247 e. The molecule has 4 aromatic rings. The highest BCUT2D eigenvalue weighted by atomic mass is 14.7. The summed E-state index contributed by atoms with van der Waals surface area (Å²) in [7, 11) is 0. The summed E-state index contributed by atoms with van der Waals surface area (Å²) in [5, 5.41) is 0.258. The van der Waals surface area contributed by atoms with Crippen molar-refractivity contribution in [3.8, 4) is 11.3 Å². The molecule has 0 spiro atoms. The molecule has 1 heterocycles. The van der Waals surface area contributed by atoms with Crippen molar-refractivity contribution in [2.24, 2.45) is 0 Å². The molecule has 1 heteroatoms. The number of hydrogen-bond donors (Lipinski definition) is 0. The molecule has 0 saturated heterocycles. The highest BCUT2D eigenvalue weighted by molar-refractivity contribution is 6.07. The smallest absolute Gasteiger partial charge is 0.0790 e. The lowest BCUT2D eigenvalue weighted by Gasteiger charge is -2.21. The minimum Gasteiger partial charge on any atom is -0.247 e. The van der Waals surface area contributed by atoms with Crippen molar-refractivity contribution >= 4 is 21.7 Å². The third-order valence-electron chi connectivity index (χ3n) is 5.50. The van der Waals surface area contributed by atoms with Crippen molar-refractivity contribution in [3.05, 3.63) is 77.6 Å². The number of nitrogens with zero attached hydrogens (tertiary/aromatic N) is 1. The highest BCUT2D eigenvalue weighted by Gasteiger charge is 2.40. The van der Waals surface area contributed by atoms with Gasteiger partial charge in [0.15, 0.2) is 0 Å². The van der Waals surface area contributed by atoms with Gasteiger partial charge in [-0.3, -0.25) is 0 Å². The van der Waals surface area contributed by atoms with Gasteiger partial charge in [0.1, 0.15) is 0 Å². The first-order valence-corrected chi connectivity index (χ1v) is 8.41. The van der Waals surface area contributed by atoms with E-state index in [-0.39, 0.29) is 57.5 Å². The molecule has 3 aromatic carbocycles. The highest BCUT2D eigenvalue weighted by Crippen LogP contribution is 2.57. The first-order valence-electron chi connectivity index (χ1n) is 13.9. The number of pyridine rings is 1. The summed E-state index contributed by atoms with van der Waals surface area (Å²) in [5.41, 5.74) is 1.73. The second kappa shape index (κ2) is 4.92. The fourth-order valence-electron chi connectivity index (χ4n) is 4.54. The lowest BCUT2D eigenvalue weighted by atomic mass is 9.85. The van der Waals surface area contributed by atoms with Gasteiger partial charge in [0, 0.05) is 16.3 Å². The van der Waals surface area contributed by atoms with Crippen LogP contribution in [-0.4, -0.2) is 4.98 Å². The van der Waals surface area contributed by atoms with E-state index in [1.807, 2.05) is 0 Å². The van der Waals surface area contributed by atoms with Crippen LogP contribution < -0.4 is 0 Å².